The topological polar surface area (TPSA) is 119 Å². The van der Waals surface area contributed by atoms with Crippen molar-refractivity contribution in [1.29, 1.82) is 0 Å². The lowest BCUT2D eigenvalue weighted by Gasteiger charge is -2.14. The van der Waals surface area contributed by atoms with Gasteiger partial charge in [-0.25, -0.2) is 13.2 Å². The average Bonchev–Trinajstić information content (AvgIpc) is 2.56. The molecule has 2 amide bonds. The van der Waals surface area contributed by atoms with Gasteiger partial charge in [-0.1, -0.05) is 19.1 Å². The van der Waals surface area contributed by atoms with E-state index in [1.165, 1.54) is 31.2 Å². The van der Waals surface area contributed by atoms with Gasteiger partial charge in [0, 0.05) is 12.8 Å². The van der Waals surface area contributed by atoms with E-state index in [0.717, 1.165) is 12.7 Å². The normalized spacial score (nSPS) is 12.1. The van der Waals surface area contributed by atoms with E-state index < -0.39 is 34.4 Å². The Hall–Kier alpha value is -2.42. The van der Waals surface area contributed by atoms with Crippen LogP contribution in [0.1, 0.15) is 30.6 Å². The zero-order valence-electron chi connectivity index (χ0n) is 14.4. The average molecular weight is 370 g/mol. The van der Waals surface area contributed by atoms with E-state index >= 15 is 0 Å². The minimum Gasteiger partial charge on any atom is -0.452 e. The molecule has 0 spiro atoms. The van der Waals surface area contributed by atoms with Crippen LogP contribution in [0.5, 0.6) is 0 Å². The van der Waals surface area contributed by atoms with E-state index in [9.17, 15) is 22.8 Å². The number of rotatable bonds is 8. The number of sulfone groups is 1. The Morgan fingerprint density at radius 2 is 1.84 bits per heavy atom. The van der Waals surface area contributed by atoms with Crippen molar-refractivity contribution in [3.63, 3.8) is 0 Å². The van der Waals surface area contributed by atoms with Crippen molar-refractivity contribution < 1.29 is 27.5 Å². The standard InChI is InChI=1S/C16H22N2O6S/c1-4-9-17-15(20)11(2)18-14(19)10-24-16(21)12-7-5-6-8-13(12)25(3,22)23/h5-8,11H,4,9-10H2,1-3H3,(H,17,20)(H,18,19)/t11-/m0/s1. The van der Waals surface area contributed by atoms with Gasteiger partial charge < -0.3 is 15.4 Å². The first kappa shape index (κ1) is 20.6. The minimum absolute atomic E-state index is 0.147. The molecule has 25 heavy (non-hydrogen) atoms. The first-order chi connectivity index (χ1) is 11.7. The third-order valence-electron chi connectivity index (χ3n) is 3.16. The molecule has 9 heteroatoms. The molecule has 1 aromatic rings. The summed E-state index contributed by atoms with van der Waals surface area (Å²) in [5, 5.41) is 5.02. The molecular formula is C16H22N2O6S. The van der Waals surface area contributed by atoms with Crippen LogP contribution in [0.4, 0.5) is 0 Å². The van der Waals surface area contributed by atoms with Crippen LogP contribution >= 0.6 is 0 Å². The fourth-order valence-corrected chi connectivity index (χ4v) is 2.79. The Morgan fingerprint density at radius 1 is 1.20 bits per heavy atom. The van der Waals surface area contributed by atoms with Crippen molar-refractivity contribution in [2.45, 2.75) is 31.2 Å². The largest absolute Gasteiger partial charge is 0.452 e. The monoisotopic (exact) mass is 370 g/mol. The lowest BCUT2D eigenvalue weighted by Crippen LogP contribution is -2.46. The van der Waals surface area contributed by atoms with Gasteiger partial charge in [0.05, 0.1) is 10.5 Å². The summed E-state index contributed by atoms with van der Waals surface area (Å²) in [4.78, 5) is 35.3. The third-order valence-corrected chi connectivity index (χ3v) is 4.32. The fourth-order valence-electron chi connectivity index (χ4n) is 1.92. The first-order valence-corrected chi connectivity index (χ1v) is 9.59. The van der Waals surface area contributed by atoms with Gasteiger partial charge in [-0.05, 0) is 25.5 Å². The first-order valence-electron chi connectivity index (χ1n) is 7.70. The van der Waals surface area contributed by atoms with E-state index in [2.05, 4.69) is 10.6 Å². The van der Waals surface area contributed by atoms with Crippen LogP contribution in [0.2, 0.25) is 0 Å². The number of esters is 1. The second-order valence-electron chi connectivity index (χ2n) is 5.42. The molecule has 1 rings (SSSR count). The zero-order valence-corrected chi connectivity index (χ0v) is 15.2. The maximum absolute atomic E-state index is 12.0. The van der Waals surface area contributed by atoms with Crippen LogP contribution in [-0.2, 0) is 24.2 Å². The highest BCUT2D eigenvalue weighted by Crippen LogP contribution is 2.16. The number of hydrogen-bond acceptors (Lipinski definition) is 6. The molecule has 0 saturated heterocycles. The quantitative estimate of drug-likeness (QED) is 0.635. The summed E-state index contributed by atoms with van der Waals surface area (Å²) in [6, 6.07) is 4.78. The Bertz CT molecular complexity index is 745. The van der Waals surface area contributed by atoms with Crippen LogP contribution in [0.3, 0.4) is 0 Å². The number of amides is 2. The Labute approximate surface area is 146 Å². The van der Waals surface area contributed by atoms with E-state index in [-0.39, 0.29) is 16.4 Å². The SMILES string of the molecule is CCCNC(=O)[C@H](C)NC(=O)COC(=O)c1ccccc1S(C)(=O)=O. The molecule has 0 aliphatic rings. The molecule has 2 N–H and O–H groups in total. The smallest absolute Gasteiger partial charge is 0.339 e. The Kier molecular flexibility index (Phi) is 7.56. The van der Waals surface area contributed by atoms with Gasteiger partial charge in [-0.15, -0.1) is 0 Å². The van der Waals surface area contributed by atoms with Crippen molar-refractivity contribution in [2.24, 2.45) is 0 Å². The van der Waals surface area contributed by atoms with Gasteiger partial charge >= 0.3 is 5.97 Å². The van der Waals surface area contributed by atoms with Gasteiger partial charge in [0.15, 0.2) is 16.4 Å². The Balaban J connectivity index is 2.63. The van der Waals surface area contributed by atoms with E-state index in [4.69, 9.17) is 4.74 Å². The highest BCUT2D eigenvalue weighted by Gasteiger charge is 2.21. The summed E-state index contributed by atoms with van der Waals surface area (Å²) in [5.74, 6) is -1.94. The summed E-state index contributed by atoms with van der Waals surface area (Å²) in [6.45, 7) is 3.28. The van der Waals surface area contributed by atoms with Gasteiger partial charge in [0.25, 0.3) is 5.91 Å². The number of ether oxygens (including phenoxy) is 1. The highest BCUT2D eigenvalue weighted by atomic mass is 32.2. The predicted octanol–water partition coefficient (Wildman–Crippen LogP) is 0.278. The molecule has 138 valence electrons. The maximum atomic E-state index is 12.0. The molecule has 1 aromatic carbocycles. The third kappa shape index (κ3) is 6.54. The van der Waals surface area contributed by atoms with Gasteiger partial charge in [-0.3, -0.25) is 9.59 Å². The second kappa shape index (κ2) is 9.16. The van der Waals surface area contributed by atoms with Crippen LogP contribution in [-0.4, -0.2) is 51.7 Å². The van der Waals surface area contributed by atoms with Gasteiger partial charge in [0.1, 0.15) is 6.04 Å². The minimum atomic E-state index is -3.61. The molecule has 0 unspecified atom stereocenters. The van der Waals surface area contributed by atoms with Crippen molar-refractivity contribution in [3.05, 3.63) is 29.8 Å². The molecule has 1 atom stereocenters. The number of hydrogen-bond donors (Lipinski definition) is 2. The van der Waals surface area contributed by atoms with E-state index in [0.29, 0.717) is 6.54 Å². The van der Waals surface area contributed by atoms with Crippen LogP contribution in [0.25, 0.3) is 0 Å². The molecule has 0 aliphatic heterocycles. The fraction of sp³-hybridized carbons (Fsp3) is 0.438. The molecule has 0 fully saturated rings. The number of nitrogens with one attached hydrogen (secondary N) is 2. The molecule has 0 aromatic heterocycles. The van der Waals surface area contributed by atoms with Crippen LogP contribution in [0.15, 0.2) is 29.2 Å². The van der Waals surface area contributed by atoms with Gasteiger partial charge in [-0.2, -0.15) is 0 Å². The number of carbonyl (C=O) groups is 3. The summed E-state index contributed by atoms with van der Waals surface area (Å²) >= 11 is 0. The zero-order chi connectivity index (χ0) is 19.0. The lowest BCUT2D eigenvalue weighted by atomic mass is 10.2. The van der Waals surface area contributed by atoms with E-state index in [1.54, 1.807) is 0 Å². The molecular weight excluding hydrogens is 348 g/mol. The molecule has 0 saturated carbocycles. The molecule has 0 heterocycles. The second-order valence-corrected chi connectivity index (χ2v) is 7.41. The predicted molar refractivity (Wildman–Crippen MR) is 90.7 cm³/mol. The Morgan fingerprint density at radius 3 is 2.44 bits per heavy atom. The van der Waals surface area contributed by atoms with Crippen LogP contribution in [0, 0.1) is 0 Å². The highest BCUT2D eigenvalue weighted by molar-refractivity contribution is 7.90. The van der Waals surface area contributed by atoms with Crippen molar-refractivity contribution in [1.82, 2.24) is 10.6 Å². The molecule has 0 radical (unpaired) electrons. The summed E-state index contributed by atoms with van der Waals surface area (Å²) in [6.07, 6.45) is 1.74. The lowest BCUT2D eigenvalue weighted by molar-refractivity contribution is -0.130. The molecule has 8 nitrogen and oxygen atoms in total. The molecule has 0 bridgehead atoms. The summed E-state index contributed by atoms with van der Waals surface area (Å²) < 4.78 is 28.2. The number of carbonyl (C=O) groups excluding carboxylic acids is 3. The van der Waals surface area contributed by atoms with E-state index in [1.807, 2.05) is 6.92 Å². The molecule has 0 aliphatic carbocycles. The number of benzene rings is 1. The van der Waals surface area contributed by atoms with Crippen molar-refractivity contribution in [3.8, 4) is 0 Å². The summed E-state index contributed by atoms with van der Waals surface area (Å²) in [7, 11) is -3.61. The maximum Gasteiger partial charge on any atom is 0.339 e. The van der Waals surface area contributed by atoms with Crippen molar-refractivity contribution >= 4 is 27.6 Å². The summed E-state index contributed by atoms with van der Waals surface area (Å²) in [5.41, 5.74) is -0.147. The van der Waals surface area contributed by atoms with Crippen molar-refractivity contribution in [2.75, 3.05) is 19.4 Å². The van der Waals surface area contributed by atoms with Crippen LogP contribution < -0.4 is 10.6 Å². The van der Waals surface area contributed by atoms with Gasteiger partial charge in [0.2, 0.25) is 5.91 Å².